The van der Waals surface area contributed by atoms with E-state index in [1.54, 1.807) is 0 Å². The molecule has 0 fully saturated rings. The summed E-state index contributed by atoms with van der Waals surface area (Å²) in [6.07, 6.45) is 3.30. The van der Waals surface area contributed by atoms with Crippen LogP contribution in [0.3, 0.4) is 0 Å². The van der Waals surface area contributed by atoms with Crippen LogP contribution in [0.5, 0.6) is 0 Å². The first-order valence-electron chi connectivity index (χ1n) is 17.6. The molecule has 0 saturated carbocycles. The Kier molecular flexibility index (Phi) is 6.05. The van der Waals surface area contributed by atoms with Gasteiger partial charge >= 0.3 is 0 Å². The third-order valence-corrected chi connectivity index (χ3v) is 10.7. The fourth-order valence-corrected chi connectivity index (χ4v) is 8.48. The molecule has 0 spiro atoms. The second-order valence-electron chi connectivity index (χ2n) is 13.5. The van der Waals surface area contributed by atoms with Crippen molar-refractivity contribution in [3.05, 3.63) is 186 Å². The molecule has 0 radical (unpaired) electrons. The van der Waals surface area contributed by atoms with Crippen molar-refractivity contribution in [3.8, 4) is 28.2 Å². The van der Waals surface area contributed by atoms with E-state index in [1.165, 1.54) is 44.5 Å². The zero-order valence-electron chi connectivity index (χ0n) is 27.7. The number of fused-ring (bicyclic) bond motifs is 10. The van der Waals surface area contributed by atoms with Gasteiger partial charge < -0.3 is 13.9 Å². The molecule has 240 valence electrons. The van der Waals surface area contributed by atoms with Crippen LogP contribution in [0.4, 0.5) is 11.4 Å². The first-order chi connectivity index (χ1) is 25.3. The molecule has 3 aromatic heterocycles. The zero-order valence-corrected chi connectivity index (χ0v) is 27.7. The summed E-state index contributed by atoms with van der Waals surface area (Å²) in [6, 6.07) is 58.0. The molecule has 0 saturated heterocycles. The molecule has 4 heterocycles. The summed E-state index contributed by atoms with van der Waals surface area (Å²) >= 11 is 0. The van der Waals surface area contributed by atoms with E-state index in [0.717, 1.165) is 56.9 Å². The van der Waals surface area contributed by atoms with Crippen LogP contribution in [0.25, 0.3) is 67.1 Å². The minimum absolute atomic E-state index is 0.135. The SMILES string of the molecule is C1=C2C(Cc3c1n(-c1ccccc1)c1cc(-c4cccc(-c5ccccc5)n4)ccc31)c1c(ccc3c1oc1ccccc13)N2c1ccccc1. The highest BCUT2D eigenvalue weighted by atomic mass is 16.3. The van der Waals surface area contributed by atoms with E-state index < -0.39 is 0 Å². The molecule has 4 heteroatoms. The predicted octanol–water partition coefficient (Wildman–Crippen LogP) is 12.1. The predicted molar refractivity (Wildman–Crippen MR) is 209 cm³/mol. The Morgan fingerprint density at radius 3 is 2.06 bits per heavy atom. The Hall–Kier alpha value is -6.65. The Morgan fingerprint density at radius 1 is 0.569 bits per heavy atom. The summed E-state index contributed by atoms with van der Waals surface area (Å²) in [5.41, 5.74) is 15.9. The second-order valence-corrected chi connectivity index (χ2v) is 13.5. The molecule has 51 heavy (non-hydrogen) atoms. The summed E-state index contributed by atoms with van der Waals surface area (Å²) in [4.78, 5) is 7.58. The second kappa shape index (κ2) is 10.9. The minimum atomic E-state index is 0.135. The fourth-order valence-electron chi connectivity index (χ4n) is 8.48. The van der Waals surface area contributed by atoms with Crippen LogP contribution in [-0.4, -0.2) is 9.55 Å². The van der Waals surface area contributed by atoms with Gasteiger partial charge in [-0.05, 0) is 78.7 Å². The summed E-state index contributed by atoms with van der Waals surface area (Å²) in [5, 5.41) is 3.60. The molecule has 1 atom stereocenters. The highest BCUT2D eigenvalue weighted by Gasteiger charge is 2.41. The van der Waals surface area contributed by atoms with Gasteiger partial charge in [-0.25, -0.2) is 4.98 Å². The van der Waals surface area contributed by atoms with Crippen molar-refractivity contribution in [2.75, 3.05) is 4.90 Å². The van der Waals surface area contributed by atoms with Crippen molar-refractivity contribution in [2.45, 2.75) is 12.3 Å². The molecule has 6 aromatic carbocycles. The number of nitrogens with zero attached hydrogens (tertiary/aromatic N) is 3. The van der Waals surface area contributed by atoms with Crippen molar-refractivity contribution >= 4 is 50.3 Å². The number of para-hydroxylation sites is 3. The number of hydrogen-bond acceptors (Lipinski definition) is 3. The zero-order chi connectivity index (χ0) is 33.5. The Morgan fingerprint density at radius 2 is 1.25 bits per heavy atom. The molecule has 0 bridgehead atoms. The molecule has 0 amide bonds. The average molecular weight is 654 g/mol. The maximum absolute atomic E-state index is 6.72. The van der Waals surface area contributed by atoms with E-state index in [9.17, 15) is 0 Å². The van der Waals surface area contributed by atoms with Crippen molar-refractivity contribution < 1.29 is 4.42 Å². The number of rotatable bonds is 4. The van der Waals surface area contributed by atoms with Gasteiger partial charge in [0, 0.05) is 55.8 Å². The van der Waals surface area contributed by atoms with Crippen LogP contribution < -0.4 is 4.90 Å². The van der Waals surface area contributed by atoms with Crippen molar-refractivity contribution in [1.29, 1.82) is 0 Å². The summed E-state index contributed by atoms with van der Waals surface area (Å²) in [6.45, 7) is 0. The molecular weight excluding hydrogens is 623 g/mol. The number of allylic oxidation sites excluding steroid dienone is 1. The van der Waals surface area contributed by atoms with Crippen molar-refractivity contribution in [1.82, 2.24) is 9.55 Å². The Bertz CT molecular complexity index is 2830. The lowest BCUT2D eigenvalue weighted by molar-refractivity contribution is 0.657. The highest BCUT2D eigenvalue weighted by Crippen LogP contribution is 2.56. The van der Waals surface area contributed by atoms with E-state index in [0.29, 0.717) is 0 Å². The van der Waals surface area contributed by atoms with Crippen LogP contribution >= 0.6 is 0 Å². The van der Waals surface area contributed by atoms with Gasteiger partial charge in [-0.15, -0.1) is 0 Å². The first kappa shape index (κ1) is 28.2. The normalized spacial score (nSPS) is 14.9. The quantitative estimate of drug-likeness (QED) is 0.190. The molecular formula is C47H31N3O. The molecule has 9 aromatic rings. The maximum atomic E-state index is 6.72. The van der Waals surface area contributed by atoms with Crippen molar-refractivity contribution in [3.63, 3.8) is 0 Å². The van der Waals surface area contributed by atoms with Crippen LogP contribution in [-0.2, 0) is 6.42 Å². The van der Waals surface area contributed by atoms with Gasteiger partial charge in [-0.3, -0.25) is 0 Å². The summed E-state index contributed by atoms with van der Waals surface area (Å²) in [7, 11) is 0. The molecule has 2 aliphatic rings. The Labute approximate surface area is 295 Å². The molecule has 1 aliphatic carbocycles. The van der Waals surface area contributed by atoms with Gasteiger partial charge in [-0.1, -0.05) is 103 Å². The lowest BCUT2D eigenvalue weighted by atomic mass is 9.85. The summed E-state index contributed by atoms with van der Waals surface area (Å²) < 4.78 is 9.16. The van der Waals surface area contributed by atoms with Crippen molar-refractivity contribution in [2.24, 2.45) is 0 Å². The van der Waals surface area contributed by atoms with E-state index in [1.807, 2.05) is 6.07 Å². The third kappa shape index (κ3) is 4.23. The van der Waals surface area contributed by atoms with E-state index in [2.05, 4.69) is 173 Å². The van der Waals surface area contributed by atoms with Gasteiger partial charge in [-0.2, -0.15) is 0 Å². The fraction of sp³-hybridized carbons (Fsp3) is 0.0426. The highest BCUT2D eigenvalue weighted by molar-refractivity contribution is 6.09. The molecule has 4 nitrogen and oxygen atoms in total. The molecule has 1 aliphatic heterocycles. The smallest absolute Gasteiger partial charge is 0.141 e. The van der Waals surface area contributed by atoms with Gasteiger partial charge in [0.15, 0.2) is 0 Å². The minimum Gasteiger partial charge on any atom is -0.456 e. The third-order valence-electron chi connectivity index (χ3n) is 10.7. The number of anilines is 2. The maximum Gasteiger partial charge on any atom is 0.141 e. The number of furan rings is 1. The van der Waals surface area contributed by atoms with E-state index in [-0.39, 0.29) is 5.92 Å². The number of hydrogen-bond donors (Lipinski definition) is 0. The number of benzene rings is 6. The van der Waals surface area contributed by atoms with Gasteiger partial charge in [0.2, 0.25) is 0 Å². The van der Waals surface area contributed by atoms with Crippen LogP contribution in [0.2, 0.25) is 0 Å². The van der Waals surface area contributed by atoms with Crippen LogP contribution in [0, 0.1) is 0 Å². The first-order valence-corrected chi connectivity index (χ1v) is 17.6. The van der Waals surface area contributed by atoms with Crippen LogP contribution in [0.1, 0.15) is 22.7 Å². The van der Waals surface area contributed by atoms with Gasteiger partial charge in [0.1, 0.15) is 11.2 Å². The molecule has 11 rings (SSSR count). The lowest BCUT2D eigenvalue weighted by Gasteiger charge is -2.27. The van der Waals surface area contributed by atoms with E-state index in [4.69, 9.17) is 9.40 Å². The number of aromatic nitrogens is 2. The molecule has 1 unspecified atom stereocenters. The topological polar surface area (TPSA) is 34.2 Å². The lowest BCUT2D eigenvalue weighted by Crippen LogP contribution is -2.18. The van der Waals surface area contributed by atoms with Gasteiger partial charge in [0.05, 0.1) is 28.3 Å². The Balaban J connectivity index is 1.15. The standard InChI is InChI=1S/C47H31N3O/c1-4-13-30(14-5-1)39-20-12-21-40(48-39)31-23-24-34-37-28-38-44(29-43(37)50(42(34)27-31)33-17-8-3-9-18-33)49(32-15-6-2-7-16-32)41-26-25-36-35-19-10-11-22-45(35)51-47(36)46(38)41/h1-27,29,38H,28H2. The van der Waals surface area contributed by atoms with E-state index >= 15 is 0 Å². The van der Waals surface area contributed by atoms with Crippen LogP contribution in [0.15, 0.2) is 174 Å². The molecule has 0 N–H and O–H groups in total. The average Bonchev–Trinajstić information content (AvgIpc) is 3.85. The number of pyridine rings is 1. The summed E-state index contributed by atoms with van der Waals surface area (Å²) in [5.74, 6) is 0.135. The largest absolute Gasteiger partial charge is 0.456 e. The monoisotopic (exact) mass is 653 g/mol. The van der Waals surface area contributed by atoms with Gasteiger partial charge in [0.25, 0.3) is 0 Å².